The molecule has 38 heavy (non-hydrogen) atoms. The SMILES string of the molecule is CC(=O)N1CCC(CN2CCn3cc(C(=O)NCc4cccc(C(=O)O)c4)nc3C2c2ccccc2)CC1. The third-order valence-corrected chi connectivity index (χ3v) is 7.57. The number of hydrogen-bond acceptors (Lipinski definition) is 5. The molecule has 5 rings (SSSR count). The zero-order chi connectivity index (χ0) is 26.6. The van der Waals surface area contributed by atoms with E-state index >= 15 is 0 Å². The predicted molar refractivity (Wildman–Crippen MR) is 142 cm³/mol. The number of benzene rings is 2. The van der Waals surface area contributed by atoms with Crippen molar-refractivity contribution in [2.75, 3.05) is 26.2 Å². The number of aromatic carboxylic acids is 1. The number of likely N-dealkylation sites (tertiary alicyclic amines) is 1. The first-order valence-electron chi connectivity index (χ1n) is 13.1. The van der Waals surface area contributed by atoms with Gasteiger partial charge in [0.1, 0.15) is 11.5 Å². The maximum Gasteiger partial charge on any atom is 0.335 e. The van der Waals surface area contributed by atoms with Gasteiger partial charge in [-0.2, -0.15) is 0 Å². The second-order valence-electron chi connectivity index (χ2n) is 10.1. The van der Waals surface area contributed by atoms with E-state index in [2.05, 4.69) is 26.9 Å². The topological polar surface area (TPSA) is 108 Å². The highest BCUT2D eigenvalue weighted by Crippen LogP contribution is 2.33. The Kier molecular flexibility index (Phi) is 7.55. The summed E-state index contributed by atoms with van der Waals surface area (Å²) >= 11 is 0. The summed E-state index contributed by atoms with van der Waals surface area (Å²) in [4.78, 5) is 45.2. The average molecular weight is 516 g/mol. The van der Waals surface area contributed by atoms with Gasteiger partial charge in [-0.25, -0.2) is 9.78 Å². The highest BCUT2D eigenvalue weighted by molar-refractivity contribution is 5.92. The molecule has 9 heteroatoms. The Hall–Kier alpha value is -3.98. The quantitative estimate of drug-likeness (QED) is 0.501. The molecule has 1 saturated heterocycles. The van der Waals surface area contributed by atoms with Gasteiger partial charge in [-0.1, -0.05) is 42.5 Å². The largest absolute Gasteiger partial charge is 0.478 e. The molecule has 1 unspecified atom stereocenters. The Morgan fingerprint density at radius 1 is 1.00 bits per heavy atom. The second-order valence-corrected chi connectivity index (χ2v) is 10.1. The van der Waals surface area contributed by atoms with Gasteiger partial charge in [0.15, 0.2) is 0 Å². The fourth-order valence-corrected chi connectivity index (χ4v) is 5.51. The predicted octanol–water partition coefficient (Wildman–Crippen LogP) is 3.17. The van der Waals surface area contributed by atoms with E-state index in [4.69, 9.17) is 4.98 Å². The molecule has 1 aromatic heterocycles. The van der Waals surface area contributed by atoms with E-state index in [9.17, 15) is 19.5 Å². The highest BCUT2D eigenvalue weighted by Gasteiger charge is 2.34. The first-order valence-corrected chi connectivity index (χ1v) is 13.1. The minimum atomic E-state index is -0.999. The van der Waals surface area contributed by atoms with E-state index in [0.717, 1.165) is 57.0 Å². The van der Waals surface area contributed by atoms with Gasteiger partial charge < -0.3 is 19.9 Å². The third kappa shape index (κ3) is 5.62. The summed E-state index contributed by atoms with van der Waals surface area (Å²) < 4.78 is 2.08. The molecule has 0 radical (unpaired) electrons. The number of aromatic nitrogens is 2. The molecule has 1 fully saturated rings. The summed E-state index contributed by atoms with van der Waals surface area (Å²) in [5.41, 5.74) is 2.39. The van der Waals surface area contributed by atoms with Crippen LogP contribution in [0.15, 0.2) is 60.8 Å². The van der Waals surface area contributed by atoms with E-state index in [1.165, 1.54) is 6.07 Å². The number of carbonyl (C=O) groups is 3. The number of imidazole rings is 1. The molecule has 2 amide bonds. The van der Waals surface area contributed by atoms with Gasteiger partial charge in [0.05, 0.1) is 11.6 Å². The molecule has 9 nitrogen and oxygen atoms in total. The summed E-state index contributed by atoms with van der Waals surface area (Å²) in [5, 5.41) is 12.1. The first-order chi connectivity index (χ1) is 18.4. The van der Waals surface area contributed by atoms with Crippen molar-refractivity contribution in [3.05, 3.63) is 89.0 Å². The first kappa shape index (κ1) is 25.7. The van der Waals surface area contributed by atoms with Crippen molar-refractivity contribution in [3.63, 3.8) is 0 Å². The lowest BCUT2D eigenvalue weighted by molar-refractivity contribution is -0.130. The van der Waals surface area contributed by atoms with Gasteiger partial charge in [-0.15, -0.1) is 0 Å². The van der Waals surface area contributed by atoms with Gasteiger partial charge in [0.2, 0.25) is 5.91 Å². The maximum atomic E-state index is 13.0. The van der Waals surface area contributed by atoms with Crippen molar-refractivity contribution >= 4 is 17.8 Å². The number of rotatable bonds is 7. The molecular formula is C29H33N5O4. The van der Waals surface area contributed by atoms with Crippen LogP contribution in [0.5, 0.6) is 0 Å². The van der Waals surface area contributed by atoms with Crippen LogP contribution in [0.2, 0.25) is 0 Å². The van der Waals surface area contributed by atoms with Crippen LogP contribution in [-0.2, 0) is 17.9 Å². The van der Waals surface area contributed by atoms with Gasteiger partial charge in [-0.05, 0) is 42.0 Å². The zero-order valence-electron chi connectivity index (χ0n) is 21.5. The summed E-state index contributed by atoms with van der Waals surface area (Å²) in [5.74, 6) is 0.207. The number of carboxylic acid groups (broad SMARTS) is 1. The van der Waals surface area contributed by atoms with Crippen molar-refractivity contribution in [1.29, 1.82) is 0 Å². The van der Waals surface area contributed by atoms with Crippen molar-refractivity contribution in [1.82, 2.24) is 24.7 Å². The number of carbonyl (C=O) groups excluding carboxylic acids is 2. The van der Waals surface area contributed by atoms with E-state index in [-0.39, 0.29) is 30.0 Å². The summed E-state index contributed by atoms with van der Waals surface area (Å²) in [6.07, 6.45) is 3.79. The van der Waals surface area contributed by atoms with E-state index in [1.807, 2.05) is 29.3 Å². The van der Waals surface area contributed by atoms with Crippen molar-refractivity contribution in [2.24, 2.45) is 5.92 Å². The Balaban J connectivity index is 1.32. The summed E-state index contributed by atoms with van der Waals surface area (Å²) in [7, 11) is 0. The average Bonchev–Trinajstić information content (AvgIpc) is 3.37. The Morgan fingerprint density at radius 3 is 2.47 bits per heavy atom. The molecular weight excluding hydrogens is 482 g/mol. The van der Waals surface area contributed by atoms with Crippen LogP contribution in [0.4, 0.5) is 0 Å². The summed E-state index contributed by atoms with van der Waals surface area (Å²) in [6.45, 7) is 5.97. The fraction of sp³-hybridized carbons (Fsp3) is 0.379. The molecule has 2 aromatic carbocycles. The molecule has 2 N–H and O–H groups in total. The number of carboxylic acids is 1. The number of amides is 2. The van der Waals surface area contributed by atoms with Gasteiger partial charge in [-0.3, -0.25) is 14.5 Å². The van der Waals surface area contributed by atoms with Crippen molar-refractivity contribution < 1.29 is 19.5 Å². The van der Waals surface area contributed by atoms with Crippen molar-refractivity contribution in [3.8, 4) is 0 Å². The van der Waals surface area contributed by atoms with Crippen LogP contribution >= 0.6 is 0 Å². The van der Waals surface area contributed by atoms with Crippen LogP contribution in [0.3, 0.4) is 0 Å². The van der Waals surface area contributed by atoms with Gasteiger partial charge in [0.25, 0.3) is 5.91 Å². The standard InChI is InChI=1S/C29H33N5O4/c1-20(35)32-12-10-21(11-13-32)18-33-14-15-34-19-25(31-27(34)26(33)23-7-3-2-4-8-23)28(36)30-17-22-6-5-9-24(16-22)29(37)38/h2-9,16,19,21,26H,10-15,17-18H2,1H3,(H,30,36)(H,37,38). The van der Waals surface area contributed by atoms with E-state index in [1.54, 1.807) is 25.1 Å². The lowest BCUT2D eigenvalue weighted by Gasteiger charge is -2.40. The number of fused-ring (bicyclic) bond motifs is 1. The van der Waals surface area contributed by atoms with Gasteiger partial charge in [0, 0.05) is 52.4 Å². The zero-order valence-corrected chi connectivity index (χ0v) is 21.5. The molecule has 0 aliphatic carbocycles. The molecule has 0 spiro atoms. The van der Waals surface area contributed by atoms with Crippen LogP contribution in [0, 0.1) is 5.92 Å². The molecule has 198 valence electrons. The molecule has 0 bridgehead atoms. The normalized spacial score (nSPS) is 18.1. The number of nitrogens with one attached hydrogen (secondary N) is 1. The molecule has 3 aromatic rings. The minimum Gasteiger partial charge on any atom is -0.478 e. The number of piperidine rings is 1. The molecule has 3 heterocycles. The minimum absolute atomic E-state index is 0.0652. The highest BCUT2D eigenvalue weighted by atomic mass is 16.4. The molecule has 2 aliphatic heterocycles. The monoisotopic (exact) mass is 515 g/mol. The van der Waals surface area contributed by atoms with Crippen LogP contribution in [0.1, 0.15) is 63.6 Å². The Morgan fingerprint density at radius 2 is 1.76 bits per heavy atom. The van der Waals surface area contributed by atoms with Crippen molar-refractivity contribution in [2.45, 2.75) is 38.9 Å². The third-order valence-electron chi connectivity index (χ3n) is 7.57. The summed E-state index contributed by atoms with van der Waals surface area (Å²) in [6, 6.07) is 16.7. The smallest absolute Gasteiger partial charge is 0.335 e. The lowest BCUT2D eigenvalue weighted by Crippen LogP contribution is -2.44. The van der Waals surface area contributed by atoms with E-state index in [0.29, 0.717) is 17.2 Å². The van der Waals surface area contributed by atoms with Crippen LogP contribution < -0.4 is 5.32 Å². The maximum absolute atomic E-state index is 13.0. The fourth-order valence-electron chi connectivity index (χ4n) is 5.51. The number of nitrogens with zero attached hydrogens (tertiary/aromatic N) is 4. The van der Waals surface area contributed by atoms with Gasteiger partial charge >= 0.3 is 5.97 Å². The van der Waals surface area contributed by atoms with Crippen LogP contribution in [0.25, 0.3) is 0 Å². The Labute approximate surface area is 222 Å². The Bertz CT molecular complexity index is 1310. The number of hydrogen-bond donors (Lipinski definition) is 2. The molecule has 0 saturated carbocycles. The second kappa shape index (κ2) is 11.2. The molecule has 1 atom stereocenters. The lowest BCUT2D eigenvalue weighted by atomic mass is 9.94. The van der Waals surface area contributed by atoms with E-state index < -0.39 is 5.97 Å². The molecule has 2 aliphatic rings. The van der Waals surface area contributed by atoms with Crippen LogP contribution in [-0.4, -0.2) is 68.4 Å².